The van der Waals surface area contributed by atoms with E-state index in [1.54, 1.807) is 4.90 Å². The van der Waals surface area contributed by atoms with Gasteiger partial charge in [0.2, 0.25) is 0 Å². The molecule has 0 bridgehead atoms. The third kappa shape index (κ3) is 4.42. The van der Waals surface area contributed by atoms with Crippen molar-refractivity contribution in [2.75, 3.05) is 26.2 Å². The summed E-state index contributed by atoms with van der Waals surface area (Å²) in [5.74, 6) is 0.0302. The number of amides is 2. The molecule has 0 unspecified atom stereocenters. The number of carbonyl (C=O) groups is 2. The summed E-state index contributed by atoms with van der Waals surface area (Å²) in [6, 6.07) is 17.2. The minimum absolute atomic E-state index is 0.0302. The quantitative estimate of drug-likeness (QED) is 0.850. The minimum Gasteiger partial charge on any atom is -0.445 e. The molecule has 0 aromatic heterocycles. The fourth-order valence-corrected chi connectivity index (χ4v) is 3.10. The predicted octanol–water partition coefficient (Wildman–Crippen LogP) is 3.48. The number of hydrogen-bond donors (Lipinski definition) is 0. The maximum Gasteiger partial charge on any atom is 0.410 e. The van der Waals surface area contributed by atoms with Crippen LogP contribution in [0.4, 0.5) is 4.79 Å². The van der Waals surface area contributed by atoms with E-state index in [1.165, 1.54) is 0 Å². The van der Waals surface area contributed by atoms with Gasteiger partial charge in [-0.2, -0.15) is 0 Å². The van der Waals surface area contributed by atoms with Crippen LogP contribution in [0.2, 0.25) is 0 Å². The Morgan fingerprint density at radius 2 is 1.54 bits per heavy atom. The second-order valence-corrected chi connectivity index (χ2v) is 6.49. The standard InChI is InChI=1S/C21H24N2O3/c1-17-8-5-6-11-19(17)20(24)22-12-7-13-23(15-14-22)21(25)26-16-18-9-3-2-4-10-18/h2-6,8-11H,7,12-16H2,1H3. The zero-order chi connectivity index (χ0) is 18.4. The number of carbonyl (C=O) groups excluding carboxylic acids is 2. The van der Waals surface area contributed by atoms with Crippen LogP contribution in [0.25, 0.3) is 0 Å². The molecule has 1 aliphatic rings. The second kappa shape index (κ2) is 8.52. The maximum atomic E-state index is 12.8. The van der Waals surface area contributed by atoms with Crippen LogP contribution >= 0.6 is 0 Å². The van der Waals surface area contributed by atoms with E-state index in [-0.39, 0.29) is 18.6 Å². The maximum absolute atomic E-state index is 12.8. The molecule has 0 atom stereocenters. The fourth-order valence-electron chi connectivity index (χ4n) is 3.10. The molecule has 2 aromatic carbocycles. The molecule has 5 nitrogen and oxygen atoms in total. The molecular weight excluding hydrogens is 328 g/mol. The van der Waals surface area contributed by atoms with Gasteiger partial charge >= 0.3 is 6.09 Å². The van der Waals surface area contributed by atoms with Gasteiger partial charge in [0.15, 0.2) is 0 Å². The van der Waals surface area contributed by atoms with Crippen LogP contribution < -0.4 is 0 Å². The number of aryl methyl sites for hydroxylation is 1. The van der Waals surface area contributed by atoms with Gasteiger partial charge in [-0.25, -0.2) is 4.79 Å². The Morgan fingerprint density at radius 3 is 2.31 bits per heavy atom. The molecule has 0 N–H and O–H groups in total. The molecule has 0 radical (unpaired) electrons. The molecule has 1 fully saturated rings. The highest BCUT2D eigenvalue weighted by Crippen LogP contribution is 2.14. The van der Waals surface area contributed by atoms with Gasteiger partial charge in [-0.05, 0) is 30.5 Å². The van der Waals surface area contributed by atoms with E-state index in [4.69, 9.17) is 4.74 Å². The third-order valence-electron chi connectivity index (χ3n) is 4.62. The first-order valence-electron chi connectivity index (χ1n) is 8.95. The molecular formula is C21H24N2O3. The highest BCUT2D eigenvalue weighted by molar-refractivity contribution is 5.95. The molecule has 2 amide bonds. The summed E-state index contributed by atoms with van der Waals surface area (Å²) < 4.78 is 5.41. The van der Waals surface area contributed by atoms with E-state index >= 15 is 0 Å². The van der Waals surface area contributed by atoms with Crippen molar-refractivity contribution in [1.29, 1.82) is 0 Å². The molecule has 1 heterocycles. The molecule has 0 aliphatic carbocycles. The third-order valence-corrected chi connectivity index (χ3v) is 4.62. The van der Waals surface area contributed by atoms with Crippen LogP contribution in [0.15, 0.2) is 54.6 Å². The van der Waals surface area contributed by atoms with E-state index in [1.807, 2.05) is 66.4 Å². The van der Waals surface area contributed by atoms with Gasteiger partial charge in [0.25, 0.3) is 5.91 Å². The number of ether oxygens (including phenoxy) is 1. The van der Waals surface area contributed by atoms with Crippen molar-refractivity contribution in [2.24, 2.45) is 0 Å². The molecule has 26 heavy (non-hydrogen) atoms. The normalized spacial score (nSPS) is 14.7. The van der Waals surface area contributed by atoms with Crippen LogP contribution in [-0.4, -0.2) is 48.0 Å². The second-order valence-electron chi connectivity index (χ2n) is 6.49. The lowest BCUT2D eigenvalue weighted by Crippen LogP contribution is -2.37. The van der Waals surface area contributed by atoms with Crippen LogP contribution in [0.5, 0.6) is 0 Å². The molecule has 136 valence electrons. The van der Waals surface area contributed by atoms with E-state index in [9.17, 15) is 9.59 Å². The Bertz CT molecular complexity index is 761. The smallest absolute Gasteiger partial charge is 0.410 e. The summed E-state index contributed by atoms with van der Waals surface area (Å²) >= 11 is 0. The molecule has 5 heteroatoms. The van der Waals surface area contributed by atoms with Crippen LogP contribution in [0.3, 0.4) is 0 Å². The van der Waals surface area contributed by atoms with Gasteiger partial charge in [0, 0.05) is 31.7 Å². The summed E-state index contributed by atoms with van der Waals surface area (Å²) in [5.41, 5.74) is 2.67. The van der Waals surface area contributed by atoms with Crippen molar-refractivity contribution in [2.45, 2.75) is 20.0 Å². The lowest BCUT2D eigenvalue weighted by Gasteiger charge is -2.22. The summed E-state index contributed by atoms with van der Waals surface area (Å²) in [4.78, 5) is 28.6. The van der Waals surface area contributed by atoms with Gasteiger partial charge in [-0.3, -0.25) is 4.79 Å². The lowest BCUT2D eigenvalue weighted by molar-refractivity contribution is 0.0748. The van der Waals surface area contributed by atoms with Gasteiger partial charge in [-0.15, -0.1) is 0 Å². The topological polar surface area (TPSA) is 49.9 Å². The van der Waals surface area contributed by atoms with E-state index in [2.05, 4.69) is 0 Å². The minimum atomic E-state index is -0.320. The highest BCUT2D eigenvalue weighted by Gasteiger charge is 2.24. The summed E-state index contributed by atoms with van der Waals surface area (Å²) in [7, 11) is 0. The van der Waals surface area contributed by atoms with Crippen LogP contribution in [-0.2, 0) is 11.3 Å². The summed E-state index contributed by atoms with van der Waals surface area (Å²) in [5, 5.41) is 0. The van der Waals surface area contributed by atoms with Gasteiger partial charge in [-0.1, -0.05) is 48.5 Å². The van der Waals surface area contributed by atoms with Crippen molar-refractivity contribution in [3.8, 4) is 0 Å². The van der Waals surface area contributed by atoms with E-state index in [0.29, 0.717) is 26.2 Å². The molecule has 2 aromatic rings. The first-order chi connectivity index (χ1) is 12.6. The van der Waals surface area contributed by atoms with Crippen LogP contribution in [0.1, 0.15) is 27.9 Å². The fraction of sp³-hybridized carbons (Fsp3) is 0.333. The molecule has 1 aliphatic heterocycles. The Kier molecular flexibility index (Phi) is 5.89. The van der Waals surface area contributed by atoms with Crippen molar-refractivity contribution < 1.29 is 14.3 Å². The van der Waals surface area contributed by atoms with Gasteiger partial charge in [0.1, 0.15) is 6.61 Å². The average Bonchev–Trinajstić information content (AvgIpc) is 2.93. The largest absolute Gasteiger partial charge is 0.445 e. The predicted molar refractivity (Wildman–Crippen MR) is 99.9 cm³/mol. The Morgan fingerprint density at radius 1 is 0.885 bits per heavy atom. The van der Waals surface area contributed by atoms with Crippen molar-refractivity contribution in [3.05, 3.63) is 71.3 Å². The van der Waals surface area contributed by atoms with Crippen molar-refractivity contribution >= 4 is 12.0 Å². The Balaban J connectivity index is 1.55. The monoisotopic (exact) mass is 352 g/mol. The molecule has 0 spiro atoms. The lowest BCUT2D eigenvalue weighted by atomic mass is 10.1. The Labute approximate surface area is 154 Å². The number of hydrogen-bond acceptors (Lipinski definition) is 3. The first kappa shape index (κ1) is 18.0. The number of rotatable bonds is 3. The zero-order valence-corrected chi connectivity index (χ0v) is 15.1. The first-order valence-corrected chi connectivity index (χ1v) is 8.95. The zero-order valence-electron chi connectivity index (χ0n) is 15.1. The van der Waals surface area contributed by atoms with Gasteiger partial charge < -0.3 is 14.5 Å². The van der Waals surface area contributed by atoms with Crippen molar-refractivity contribution in [3.63, 3.8) is 0 Å². The van der Waals surface area contributed by atoms with E-state index < -0.39 is 0 Å². The average molecular weight is 352 g/mol. The summed E-state index contributed by atoms with van der Waals surface area (Å²) in [6.45, 7) is 4.47. The van der Waals surface area contributed by atoms with Crippen molar-refractivity contribution in [1.82, 2.24) is 9.80 Å². The van der Waals surface area contributed by atoms with Crippen LogP contribution in [0, 0.1) is 6.92 Å². The SMILES string of the molecule is Cc1ccccc1C(=O)N1CCCN(C(=O)OCc2ccccc2)CC1. The highest BCUT2D eigenvalue weighted by atomic mass is 16.6. The number of benzene rings is 2. The molecule has 0 saturated carbocycles. The summed E-state index contributed by atoms with van der Waals surface area (Å²) in [6.07, 6.45) is 0.428. The van der Waals surface area contributed by atoms with Gasteiger partial charge in [0.05, 0.1) is 0 Å². The Hall–Kier alpha value is -2.82. The molecule has 3 rings (SSSR count). The molecule has 1 saturated heterocycles. The number of nitrogens with zero attached hydrogens (tertiary/aromatic N) is 2. The van der Waals surface area contributed by atoms with E-state index in [0.717, 1.165) is 23.1 Å².